The molecule has 0 fully saturated rings. The van der Waals surface area contributed by atoms with Crippen LogP contribution in [0.1, 0.15) is 96.6 Å². The summed E-state index contributed by atoms with van der Waals surface area (Å²) < 4.78 is 6.49. The fourth-order valence-corrected chi connectivity index (χ4v) is 5.01. The van der Waals surface area contributed by atoms with Crippen molar-refractivity contribution < 1.29 is 14.6 Å². The van der Waals surface area contributed by atoms with Crippen LogP contribution in [-0.4, -0.2) is 16.7 Å². The van der Waals surface area contributed by atoms with Crippen LogP contribution in [0.15, 0.2) is 29.8 Å². The SMILES string of the molecule is CCCCCCC(C)(C)c1ccc2c(c1)OC(C)(C)[C@@H]1CC=C(C(=O)O)C[C@@H]21. The molecule has 1 aliphatic heterocycles. The summed E-state index contributed by atoms with van der Waals surface area (Å²) in [5, 5.41) is 9.48. The lowest BCUT2D eigenvalue weighted by Crippen LogP contribution is -2.45. The van der Waals surface area contributed by atoms with Gasteiger partial charge in [-0.05, 0) is 61.6 Å². The van der Waals surface area contributed by atoms with Crippen LogP contribution in [0.3, 0.4) is 0 Å². The molecule has 0 aromatic heterocycles. The number of hydrogen-bond donors (Lipinski definition) is 1. The summed E-state index contributed by atoms with van der Waals surface area (Å²) in [7, 11) is 0. The van der Waals surface area contributed by atoms with Crippen LogP contribution in [0.5, 0.6) is 5.75 Å². The van der Waals surface area contributed by atoms with Crippen molar-refractivity contribution in [3.05, 3.63) is 41.0 Å². The molecule has 0 radical (unpaired) electrons. The molecule has 0 amide bonds. The second kappa shape index (κ2) is 7.93. The van der Waals surface area contributed by atoms with E-state index in [9.17, 15) is 9.90 Å². The van der Waals surface area contributed by atoms with Gasteiger partial charge in [-0.1, -0.05) is 64.7 Å². The summed E-state index contributed by atoms with van der Waals surface area (Å²) in [6.07, 6.45) is 9.55. The fraction of sp³-hybridized carbons (Fsp3) is 0.640. The first-order valence-electron chi connectivity index (χ1n) is 10.9. The first-order chi connectivity index (χ1) is 13.2. The maximum Gasteiger partial charge on any atom is 0.331 e. The monoisotopic (exact) mass is 384 g/mol. The van der Waals surface area contributed by atoms with Crippen molar-refractivity contribution >= 4 is 5.97 Å². The van der Waals surface area contributed by atoms with Crippen LogP contribution >= 0.6 is 0 Å². The molecule has 2 aliphatic rings. The summed E-state index contributed by atoms with van der Waals surface area (Å²) in [5.41, 5.74) is 2.88. The average Bonchev–Trinajstić information content (AvgIpc) is 2.64. The molecule has 0 spiro atoms. The first-order valence-corrected chi connectivity index (χ1v) is 10.9. The second-order valence-electron chi connectivity index (χ2n) is 9.84. The number of allylic oxidation sites excluding steroid dienone is 1. The molecule has 2 atom stereocenters. The van der Waals surface area contributed by atoms with Gasteiger partial charge < -0.3 is 9.84 Å². The van der Waals surface area contributed by atoms with Gasteiger partial charge in [0.15, 0.2) is 0 Å². The van der Waals surface area contributed by atoms with E-state index in [1.165, 1.54) is 43.2 Å². The van der Waals surface area contributed by atoms with Gasteiger partial charge in [0.05, 0.1) is 0 Å². The first kappa shape index (κ1) is 21.0. The molecule has 0 saturated heterocycles. The maximum absolute atomic E-state index is 11.5. The number of hydrogen-bond acceptors (Lipinski definition) is 2. The minimum atomic E-state index is -0.783. The zero-order valence-electron chi connectivity index (χ0n) is 18.2. The Morgan fingerprint density at radius 3 is 2.68 bits per heavy atom. The number of benzene rings is 1. The highest BCUT2D eigenvalue weighted by Crippen LogP contribution is 2.52. The van der Waals surface area contributed by atoms with Crippen molar-refractivity contribution in [1.29, 1.82) is 0 Å². The normalized spacial score (nSPS) is 23.2. The van der Waals surface area contributed by atoms with Crippen LogP contribution in [0.2, 0.25) is 0 Å². The Bertz CT molecular complexity index is 757. The summed E-state index contributed by atoms with van der Waals surface area (Å²) in [5.74, 6) is 0.707. The fourth-order valence-electron chi connectivity index (χ4n) is 5.01. The number of ether oxygens (including phenoxy) is 1. The predicted molar refractivity (Wildman–Crippen MR) is 114 cm³/mol. The molecule has 1 heterocycles. The van der Waals surface area contributed by atoms with Gasteiger partial charge in [-0.25, -0.2) is 4.79 Å². The average molecular weight is 385 g/mol. The Labute approximate surface area is 170 Å². The van der Waals surface area contributed by atoms with Crippen LogP contribution in [0.4, 0.5) is 0 Å². The zero-order chi connectivity index (χ0) is 20.5. The minimum absolute atomic E-state index is 0.117. The highest BCUT2D eigenvalue weighted by atomic mass is 16.5. The quantitative estimate of drug-likeness (QED) is 0.538. The third kappa shape index (κ3) is 4.14. The van der Waals surface area contributed by atoms with Gasteiger partial charge in [-0.2, -0.15) is 0 Å². The highest BCUT2D eigenvalue weighted by Gasteiger charge is 2.45. The largest absolute Gasteiger partial charge is 0.487 e. The number of carbonyl (C=O) groups is 1. The van der Waals surface area contributed by atoms with Crippen molar-refractivity contribution in [2.24, 2.45) is 5.92 Å². The Balaban J connectivity index is 1.87. The smallest absolute Gasteiger partial charge is 0.331 e. The lowest BCUT2D eigenvalue weighted by Gasteiger charge is -2.47. The molecule has 28 heavy (non-hydrogen) atoms. The summed E-state index contributed by atoms with van der Waals surface area (Å²) >= 11 is 0. The lowest BCUT2D eigenvalue weighted by atomic mass is 9.66. The molecule has 3 heteroatoms. The number of carboxylic acids is 1. The van der Waals surface area contributed by atoms with Gasteiger partial charge in [0.2, 0.25) is 0 Å². The molecule has 3 nitrogen and oxygen atoms in total. The molecule has 1 N–H and O–H groups in total. The Morgan fingerprint density at radius 1 is 1.25 bits per heavy atom. The standard InChI is InChI=1S/C25H36O3/c1-6-7-8-9-14-24(2,3)18-11-12-19-20-15-17(23(26)27)10-13-21(20)25(4,5)28-22(19)16-18/h10-12,16,20-21H,6-9,13-15H2,1-5H3,(H,26,27)/t20-,21+/m0/s1. The highest BCUT2D eigenvalue weighted by molar-refractivity contribution is 5.87. The summed E-state index contributed by atoms with van der Waals surface area (Å²) in [4.78, 5) is 11.5. The van der Waals surface area contributed by atoms with E-state index >= 15 is 0 Å². The molecule has 1 aromatic carbocycles. The molecule has 0 unspecified atom stereocenters. The van der Waals surface area contributed by atoms with Gasteiger partial charge in [-0.15, -0.1) is 0 Å². The number of fused-ring (bicyclic) bond motifs is 3. The van der Waals surface area contributed by atoms with Crippen LogP contribution < -0.4 is 4.74 Å². The number of rotatable bonds is 7. The van der Waals surface area contributed by atoms with Crippen LogP contribution in [-0.2, 0) is 10.2 Å². The molecule has 0 bridgehead atoms. The predicted octanol–water partition coefficient (Wildman–Crippen LogP) is 6.61. The molecule has 154 valence electrons. The van der Waals surface area contributed by atoms with E-state index in [0.717, 1.165) is 12.2 Å². The molecular formula is C25H36O3. The van der Waals surface area contributed by atoms with Crippen molar-refractivity contribution in [2.45, 2.75) is 96.5 Å². The molecule has 0 saturated carbocycles. The molecule has 3 rings (SSSR count). The van der Waals surface area contributed by atoms with Gasteiger partial charge >= 0.3 is 5.97 Å². The maximum atomic E-state index is 11.5. The van der Waals surface area contributed by atoms with E-state index in [1.807, 2.05) is 6.08 Å². The number of carboxylic acid groups (broad SMARTS) is 1. The molecule has 1 aromatic rings. The van der Waals surface area contributed by atoms with E-state index in [-0.39, 0.29) is 16.9 Å². The Hall–Kier alpha value is -1.77. The van der Waals surface area contributed by atoms with E-state index in [2.05, 4.69) is 52.8 Å². The van der Waals surface area contributed by atoms with Crippen LogP contribution in [0, 0.1) is 5.92 Å². The Kier molecular flexibility index (Phi) is 5.93. The van der Waals surface area contributed by atoms with Crippen molar-refractivity contribution in [3.8, 4) is 5.75 Å². The summed E-state index contributed by atoms with van der Waals surface area (Å²) in [6.45, 7) is 11.2. The lowest BCUT2D eigenvalue weighted by molar-refractivity contribution is -0.133. The summed E-state index contributed by atoms with van der Waals surface area (Å²) in [6, 6.07) is 6.68. The van der Waals surface area contributed by atoms with E-state index < -0.39 is 5.97 Å². The van der Waals surface area contributed by atoms with Crippen molar-refractivity contribution in [2.75, 3.05) is 0 Å². The van der Waals surface area contributed by atoms with Crippen molar-refractivity contribution in [3.63, 3.8) is 0 Å². The third-order valence-corrected chi connectivity index (χ3v) is 6.93. The number of unbranched alkanes of at least 4 members (excludes halogenated alkanes) is 3. The van der Waals surface area contributed by atoms with E-state index in [1.54, 1.807) is 0 Å². The van der Waals surface area contributed by atoms with Crippen LogP contribution in [0.25, 0.3) is 0 Å². The van der Waals surface area contributed by atoms with Gasteiger partial charge in [0.1, 0.15) is 11.4 Å². The zero-order valence-corrected chi connectivity index (χ0v) is 18.2. The topological polar surface area (TPSA) is 46.5 Å². The van der Waals surface area contributed by atoms with Gasteiger partial charge in [0, 0.05) is 11.5 Å². The van der Waals surface area contributed by atoms with Crippen molar-refractivity contribution in [1.82, 2.24) is 0 Å². The molecule has 1 aliphatic carbocycles. The van der Waals surface area contributed by atoms with Gasteiger partial charge in [0.25, 0.3) is 0 Å². The minimum Gasteiger partial charge on any atom is -0.487 e. The van der Waals surface area contributed by atoms with Gasteiger partial charge in [-0.3, -0.25) is 0 Å². The van der Waals surface area contributed by atoms with E-state index in [0.29, 0.717) is 17.9 Å². The number of aliphatic carboxylic acids is 1. The second-order valence-corrected chi connectivity index (χ2v) is 9.84. The third-order valence-electron chi connectivity index (χ3n) is 6.93. The van der Waals surface area contributed by atoms with E-state index in [4.69, 9.17) is 4.74 Å². The molecular weight excluding hydrogens is 348 g/mol. The Morgan fingerprint density at radius 2 is 2.00 bits per heavy atom.